The number of carbonyl (C=O) groups excluding carboxylic acids is 6. The van der Waals surface area contributed by atoms with Crippen LogP contribution < -0.4 is 21.7 Å². The van der Waals surface area contributed by atoms with E-state index in [-0.39, 0.29) is 42.0 Å². The maximum atomic E-state index is 14.5. The van der Waals surface area contributed by atoms with Gasteiger partial charge in [-0.2, -0.15) is 0 Å². The number of nitrogens with zero attached hydrogens (tertiary/aromatic N) is 2. The van der Waals surface area contributed by atoms with Crippen molar-refractivity contribution in [3.05, 3.63) is 0 Å². The molecule has 5 N–H and O–H groups in total. The largest absolute Gasteiger partial charge is 0.444 e. The van der Waals surface area contributed by atoms with Crippen molar-refractivity contribution < 1.29 is 33.5 Å². The number of likely N-dealkylation sites (N-methyl/N-ethyl adjacent to an activating group) is 1. The van der Waals surface area contributed by atoms with Gasteiger partial charge in [0.1, 0.15) is 17.7 Å². The van der Waals surface area contributed by atoms with Crippen molar-refractivity contribution in [2.24, 2.45) is 35.3 Å². The zero-order valence-electron chi connectivity index (χ0n) is 31.0. The zero-order valence-corrected chi connectivity index (χ0v) is 31.0. The van der Waals surface area contributed by atoms with Crippen LogP contribution in [0.5, 0.6) is 0 Å². The number of likely N-dealkylation sites (tertiary alicyclic amines) is 1. The van der Waals surface area contributed by atoms with Crippen LogP contribution in [-0.4, -0.2) is 95.3 Å². The first-order valence-corrected chi connectivity index (χ1v) is 18.3. The Bertz CT molecular complexity index is 1190. The van der Waals surface area contributed by atoms with E-state index in [2.05, 4.69) is 16.0 Å². The van der Waals surface area contributed by atoms with Crippen molar-refractivity contribution in [2.45, 2.75) is 142 Å². The molecule has 3 fully saturated rings. The summed E-state index contributed by atoms with van der Waals surface area (Å²) in [6, 6.07) is -3.71. The summed E-state index contributed by atoms with van der Waals surface area (Å²) in [6.45, 7) is 13.8. The molecule has 0 spiro atoms. The average Bonchev–Trinajstić information content (AvgIpc) is 3.45. The van der Waals surface area contributed by atoms with Gasteiger partial charge in [0, 0.05) is 20.1 Å². The molecule has 0 radical (unpaired) electrons. The Kier molecular flexibility index (Phi) is 14.3. The van der Waals surface area contributed by atoms with Gasteiger partial charge in [-0.05, 0) is 76.0 Å². The standard InChI is InChI=1S/C36H62N6O7/c1-21(2)25-17-18-42(29(25)32(45)38-26(30(43)31(37)44)19-23-13-12-14-23)33(46)28(24-15-10-9-11-16-24)40-34(47)39-27(22(3)4)20-41(8)35(48)49-36(5,6)7/h21-29H,9-20H2,1-8H3,(H2,37,44)(H,38,45)(H2,39,40,47)/t25-,26?,27-,28+,29+/m1/s1. The van der Waals surface area contributed by atoms with Gasteiger partial charge in [0.05, 0.1) is 12.1 Å². The van der Waals surface area contributed by atoms with Crippen LogP contribution >= 0.6 is 0 Å². The summed E-state index contributed by atoms with van der Waals surface area (Å²) in [6.07, 6.45) is 7.77. The highest BCUT2D eigenvalue weighted by Gasteiger charge is 2.47. The molecule has 1 aliphatic heterocycles. The summed E-state index contributed by atoms with van der Waals surface area (Å²) in [4.78, 5) is 82.5. The lowest BCUT2D eigenvalue weighted by molar-refractivity contribution is -0.144. The molecule has 3 rings (SSSR count). The third-order valence-corrected chi connectivity index (χ3v) is 10.5. The Morgan fingerprint density at radius 3 is 2.02 bits per heavy atom. The van der Waals surface area contributed by atoms with E-state index in [1.807, 2.05) is 27.7 Å². The maximum absolute atomic E-state index is 14.5. The highest BCUT2D eigenvalue weighted by Crippen LogP contribution is 2.35. The van der Waals surface area contributed by atoms with Crippen molar-refractivity contribution >= 4 is 35.6 Å². The number of Topliss-reactive ketones (excluding diaryl/α,β-unsaturated/α-hetero) is 1. The second-order valence-corrected chi connectivity index (χ2v) is 16.2. The predicted molar refractivity (Wildman–Crippen MR) is 186 cm³/mol. The number of nitrogens with two attached hydrogens (primary N) is 1. The van der Waals surface area contributed by atoms with Gasteiger partial charge in [-0.3, -0.25) is 19.2 Å². The molecule has 1 heterocycles. The molecular weight excluding hydrogens is 628 g/mol. The van der Waals surface area contributed by atoms with Gasteiger partial charge in [0.25, 0.3) is 5.91 Å². The summed E-state index contributed by atoms with van der Waals surface area (Å²) >= 11 is 0. The lowest BCUT2D eigenvalue weighted by Gasteiger charge is -2.37. The van der Waals surface area contributed by atoms with Crippen LogP contribution in [0.25, 0.3) is 0 Å². The number of carbonyl (C=O) groups is 6. The predicted octanol–water partition coefficient (Wildman–Crippen LogP) is 3.73. The number of hydrogen-bond acceptors (Lipinski definition) is 7. The van der Waals surface area contributed by atoms with Gasteiger partial charge < -0.3 is 36.2 Å². The Balaban J connectivity index is 1.82. The van der Waals surface area contributed by atoms with E-state index in [1.54, 1.807) is 32.7 Å². The molecule has 0 bridgehead atoms. The first-order chi connectivity index (χ1) is 22.9. The van der Waals surface area contributed by atoms with E-state index in [9.17, 15) is 28.8 Å². The second kappa shape index (κ2) is 17.5. The van der Waals surface area contributed by atoms with Crippen molar-refractivity contribution in [3.8, 4) is 0 Å². The molecule has 2 saturated carbocycles. The normalized spacial score (nSPS) is 22.1. The zero-order chi connectivity index (χ0) is 36.6. The van der Waals surface area contributed by atoms with Gasteiger partial charge in [-0.25, -0.2) is 9.59 Å². The molecular formula is C36H62N6O7. The van der Waals surface area contributed by atoms with Crippen LogP contribution in [0.1, 0.15) is 113 Å². The smallest absolute Gasteiger partial charge is 0.410 e. The summed E-state index contributed by atoms with van der Waals surface area (Å²) in [5, 5.41) is 8.80. The number of urea groups is 1. The van der Waals surface area contributed by atoms with Crippen LogP contribution in [0.15, 0.2) is 0 Å². The summed E-state index contributed by atoms with van der Waals surface area (Å²) in [7, 11) is 1.62. The van der Waals surface area contributed by atoms with Crippen molar-refractivity contribution in [1.29, 1.82) is 0 Å². The SMILES string of the molecule is CC(C)[C@H]1CCN(C(=O)[C@@H](NC(=O)N[C@H](CN(C)C(=O)OC(C)(C)C)C(C)C)C2CCCCC2)[C@@H]1C(=O)NC(CC1CCC1)C(=O)C(N)=O. The second-order valence-electron chi connectivity index (χ2n) is 16.2. The molecule has 0 aromatic heterocycles. The number of hydrogen-bond donors (Lipinski definition) is 4. The van der Waals surface area contributed by atoms with E-state index in [0.29, 0.717) is 19.4 Å². The Hall–Kier alpha value is -3.38. The molecule has 13 heteroatoms. The summed E-state index contributed by atoms with van der Waals surface area (Å²) in [5.41, 5.74) is 4.70. The fourth-order valence-corrected chi connectivity index (χ4v) is 7.33. The molecule has 5 atom stereocenters. The molecule has 1 saturated heterocycles. The molecule has 6 amide bonds. The van der Waals surface area contributed by atoms with Gasteiger partial charge in [0.2, 0.25) is 17.6 Å². The summed E-state index contributed by atoms with van der Waals surface area (Å²) in [5.74, 6) is -2.74. The number of ketones is 1. The summed E-state index contributed by atoms with van der Waals surface area (Å²) < 4.78 is 5.48. The Labute approximate surface area is 292 Å². The number of amides is 6. The molecule has 3 aliphatic rings. The highest BCUT2D eigenvalue weighted by atomic mass is 16.6. The Morgan fingerprint density at radius 2 is 1.51 bits per heavy atom. The van der Waals surface area contributed by atoms with E-state index in [4.69, 9.17) is 10.5 Å². The fraction of sp³-hybridized carbons (Fsp3) is 0.833. The molecule has 2 aliphatic carbocycles. The topological polar surface area (TPSA) is 180 Å². The molecule has 278 valence electrons. The molecule has 13 nitrogen and oxygen atoms in total. The highest BCUT2D eigenvalue weighted by molar-refractivity contribution is 6.37. The number of nitrogens with one attached hydrogen (secondary N) is 3. The quantitative estimate of drug-likeness (QED) is 0.201. The minimum absolute atomic E-state index is 0.0334. The van der Waals surface area contributed by atoms with Crippen LogP contribution in [0.2, 0.25) is 0 Å². The van der Waals surface area contributed by atoms with Gasteiger partial charge >= 0.3 is 12.1 Å². The van der Waals surface area contributed by atoms with E-state index in [1.165, 1.54) is 4.90 Å². The van der Waals surface area contributed by atoms with Gasteiger partial charge in [0.15, 0.2) is 0 Å². The van der Waals surface area contributed by atoms with Crippen LogP contribution in [0.4, 0.5) is 9.59 Å². The first kappa shape index (κ1) is 40.1. The van der Waals surface area contributed by atoms with Gasteiger partial charge in [-0.1, -0.05) is 66.2 Å². The van der Waals surface area contributed by atoms with Crippen molar-refractivity contribution in [1.82, 2.24) is 25.8 Å². The minimum atomic E-state index is -1.09. The van der Waals surface area contributed by atoms with E-state index in [0.717, 1.165) is 51.4 Å². The maximum Gasteiger partial charge on any atom is 0.410 e. The number of rotatable bonds is 14. The van der Waals surface area contributed by atoms with Crippen LogP contribution in [0.3, 0.4) is 0 Å². The van der Waals surface area contributed by atoms with Crippen molar-refractivity contribution in [3.63, 3.8) is 0 Å². The Morgan fingerprint density at radius 1 is 0.878 bits per heavy atom. The monoisotopic (exact) mass is 690 g/mol. The molecule has 0 aromatic rings. The molecule has 0 aromatic carbocycles. The van der Waals surface area contributed by atoms with E-state index < -0.39 is 59.5 Å². The third-order valence-electron chi connectivity index (χ3n) is 10.5. The van der Waals surface area contributed by atoms with Gasteiger partial charge in [-0.15, -0.1) is 0 Å². The minimum Gasteiger partial charge on any atom is -0.444 e. The average molecular weight is 691 g/mol. The molecule has 1 unspecified atom stereocenters. The number of ether oxygens (including phenoxy) is 1. The number of primary amides is 1. The third kappa shape index (κ3) is 11.3. The van der Waals surface area contributed by atoms with Crippen LogP contribution in [-0.2, 0) is 23.9 Å². The van der Waals surface area contributed by atoms with E-state index >= 15 is 0 Å². The van der Waals surface area contributed by atoms with Crippen LogP contribution in [0, 0.1) is 29.6 Å². The lowest BCUT2D eigenvalue weighted by atomic mass is 9.80. The first-order valence-electron chi connectivity index (χ1n) is 18.3. The lowest BCUT2D eigenvalue weighted by Crippen LogP contribution is -2.61. The fourth-order valence-electron chi connectivity index (χ4n) is 7.33. The van der Waals surface area contributed by atoms with Crippen molar-refractivity contribution in [2.75, 3.05) is 20.1 Å². The molecule has 49 heavy (non-hydrogen) atoms.